The van der Waals surface area contributed by atoms with Crippen molar-refractivity contribution in [2.75, 3.05) is 6.61 Å². The number of carbonyl (C=O) groups excluding carboxylic acids is 2. The fourth-order valence-electron chi connectivity index (χ4n) is 3.01. The average Bonchev–Trinajstić information content (AvgIpc) is 2.84. The lowest BCUT2D eigenvalue weighted by atomic mass is 9.98. The van der Waals surface area contributed by atoms with E-state index in [0.717, 1.165) is 6.42 Å². The zero-order chi connectivity index (χ0) is 17.0. The highest BCUT2D eigenvalue weighted by molar-refractivity contribution is 5.88. The normalized spacial score (nSPS) is 30.1. The highest BCUT2D eigenvalue weighted by Gasteiger charge is 2.45. The summed E-state index contributed by atoms with van der Waals surface area (Å²) in [6, 6.07) is 0. The van der Waals surface area contributed by atoms with Crippen molar-refractivity contribution in [2.45, 2.75) is 59.0 Å². The van der Waals surface area contributed by atoms with Gasteiger partial charge in [0.25, 0.3) is 0 Å². The summed E-state index contributed by atoms with van der Waals surface area (Å²) in [7, 11) is 0. The van der Waals surface area contributed by atoms with E-state index in [1.54, 1.807) is 18.0 Å². The molecular weight excluding hydrogens is 298 g/mol. The minimum atomic E-state index is -0.431. The predicted molar refractivity (Wildman–Crippen MR) is 84.0 cm³/mol. The highest BCUT2D eigenvalue weighted by Crippen LogP contribution is 2.34. The summed E-state index contributed by atoms with van der Waals surface area (Å²) in [5.74, 6) is -0.574. The first-order valence-electron chi connectivity index (χ1n) is 8.12. The van der Waals surface area contributed by atoms with Crippen LogP contribution < -0.4 is 0 Å². The molecule has 0 aromatic heterocycles. The first-order chi connectivity index (χ1) is 11.0. The molecular formula is C17H25NO5. The molecule has 0 aliphatic carbocycles. The maximum absolute atomic E-state index is 11.9. The van der Waals surface area contributed by atoms with Gasteiger partial charge in [0.2, 0.25) is 0 Å². The van der Waals surface area contributed by atoms with Crippen molar-refractivity contribution < 1.29 is 23.8 Å². The lowest BCUT2D eigenvalue weighted by Crippen LogP contribution is -2.40. The minimum Gasteiger partial charge on any atom is -0.463 e. The third-order valence-electron chi connectivity index (χ3n) is 4.16. The molecule has 2 aliphatic rings. The van der Waals surface area contributed by atoms with Crippen LogP contribution in [0.15, 0.2) is 24.0 Å². The second-order valence-electron chi connectivity index (χ2n) is 5.82. The second kappa shape index (κ2) is 7.64. The van der Waals surface area contributed by atoms with E-state index in [-0.39, 0.29) is 30.1 Å². The van der Waals surface area contributed by atoms with E-state index >= 15 is 0 Å². The Hall–Kier alpha value is -1.82. The molecule has 2 rings (SSSR count). The van der Waals surface area contributed by atoms with Crippen LogP contribution in [-0.2, 0) is 23.8 Å². The molecule has 1 fully saturated rings. The largest absolute Gasteiger partial charge is 0.463 e. The van der Waals surface area contributed by atoms with Crippen LogP contribution in [0.5, 0.6) is 0 Å². The van der Waals surface area contributed by atoms with E-state index in [1.165, 1.54) is 6.92 Å². The van der Waals surface area contributed by atoms with Crippen molar-refractivity contribution in [3.63, 3.8) is 0 Å². The van der Waals surface area contributed by atoms with Gasteiger partial charge in [-0.25, -0.2) is 4.79 Å². The van der Waals surface area contributed by atoms with E-state index in [0.29, 0.717) is 18.6 Å². The van der Waals surface area contributed by atoms with Gasteiger partial charge in [-0.05, 0) is 13.3 Å². The molecule has 0 amide bonds. The molecule has 6 heteroatoms. The smallest absolute Gasteiger partial charge is 0.335 e. The molecule has 1 saturated heterocycles. The molecule has 4 atom stereocenters. The highest BCUT2D eigenvalue weighted by atomic mass is 16.6. The summed E-state index contributed by atoms with van der Waals surface area (Å²) in [6.45, 7) is 7.57. The Morgan fingerprint density at radius 3 is 2.74 bits per heavy atom. The van der Waals surface area contributed by atoms with Crippen LogP contribution in [-0.4, -0.2) is 41.9 Å². The number of rotatable bonds is 5. The summed E-state index contributed by atoms with van der Waals surface area (Å²) < 4.78 is 16.6. The van der Waals surface area contributed by atoms with Crippen molar-refractivity contribution >= 4 is 11.9 Å². The van der Waals surface area contributed by atoms with Gasteiger partial charge in [0.05, 0.1) is 18.3 Å². The van der Waals surface area contributed by atoms with E-state index < -0.39 is 6.23 Å². The maximum atomic E-state index is 11.9. The van der Waals surface area contributed by atoms with Gasteiger partial charge in [-0.1, -0.05) is 19.9 Å². The van der Waals surface area contributed by atoms with E-state index in [4.69, 9.17) is 14.2 Å². The minimum absolute atomic E-state index is 0.0131. The van der Waals surface area contributed by atoms with Crippen molar-refractivity contribution in [3.05, 3.63) is 24.0 Å². The van der Waals surface area contributed by atoms with Crippen LogP contribution >= 0.6 is 0 Å². The van der Waals surface area contributed by atoms with Gasteiger partial charge >= 0.3 is 11.9 Å². The first kappa shape index (κ1) is 17.5. The van der Waals surface area contributed by atoms with Gasteiger partial charge in [0.15, 0.2) is 12.3 Å². The monoisotopic (exact) mass is 323 g/mol. The van der Waals surface area contributed by atoms with Crippen LogP contribution in [0.4, 0.5) is 0 Å². The lowest BCUT2D eigenvalue weighted by Gasteiger charge is -2.30. The van der Waals surface area contributed by atoms with E-state index in [9.17, 15) is 9.59 Å². The van der Waals surface area contributed by atoms with Gasteiger partial charge in [0.1, 0.15) is 0 Å². The standard InChI is InChI=1S/C17H25NO5/c1-5-14-11(3)15(22-12(4)19)16(23-14)18-9-7-8-13(10-18)17(20)21-6-2/h7,9-11,14-16H,5-6,8H2,1-4H3/t11-,14+,15?,16+/m0/s1. The van der Waals surface area contributed by atoms with Crippen LogP contribution in [0.2, 0.25) is 0 Å². The van der Waals surface area contributed by atoms with Gasteiger partial charge < -0.3 is 19.1 Å². The zero-order valence-corrected chi connectivity index (χ0v) is 14.2. The average molecular weight is 323 g/mol. The Bertz CT molecular complexity index is 513. The Labute approximate surface area is 137 Å². The summed E-state index contributed by atoms with van der Waals surface area (Å²) >= 11 is 0. The third-order valence-corrected chi connectivity index (χ3v) is 4.16. The fraction of sp³-hybridized carbons (Fsp3) is 0.647. The molecule has 128 valence electrons. The Balaban J connectivity index is 2.19. The Kier molecular flexibility index (Phi) is 5.82. The molecule has 0 spiro atoms. The van der Waals surface area contributed by atoms with Crippen molar-refractivity contribution in [3.8, 4) is 0 Å². The predicted octanol–water partition coefficient (Wildman–Crippen LogP) is 2.36. The van der Waals surface area contributed by atoms with Crippen LogP contribution in [0, 0.1) is 5.92 Å². The lowest BCUT2D eigenvalue weighted by molar-refractivity contribution is -0.154. The third kappa shape index (κ3) is 3.93. The molecule has 0 radical (unpaired) electrons. The molecule has 23 heavy (non-hydrogen) atoms. The molecule has 0 saturated carbocycles. The molecule has 2 aliphatic heterocycles. The summed E-state index contributed by atoms with van der Waals surface area (Å²) in [4.78, 5) is 25.1. The van der Waals surface area contributed by atoms with Crippen molar-refractivity contribution in [2.24, 2.45) is 5.92 Å². The molecule has 0 N–H and O–H groups in total. The maximum Gasteiger partial charge on any atom is 0.335 e. The number of hydrogen-bond acceptors (Lipinski definition) is 6. The number of carbonyl (C=O) groups is 2. The Morgan fingerprint density at radius 2 is 2.13 bits per heavy atom. The summed E-state index contributed by atoms with van der Waals surface area (Å²) in [5.41, 5.74) is 0.562. The number of hydrogen-bond donors (Lipinski definition) is 0. The number of nitrogens with zero attached hydrogens (tertiary/aromatic N) is 1. The molecule has 1 unspecified atom stereocenters. The van der Waals surface area contributed by atoms with Crippen LogP contribution in [0.3, 0.4) is 0 Å². The van der Waals surface area contributed by atoms with Crippen molar-refractivity contribution in [1.29, 1.82) is 0 Å². The second-order valence-corrected chi connectivity index (χ2v) is 5.82. The number of ether oxygens (including phenoxy) is 3. The molecule has 2 heterocycles. The molecule has 0 aromatic carbocycles. The zero-order valence-electron chi connectivity index (χ0n) is 14.2. The molecule has 0 aromatic rings. The van der Waals surface area contributed by atoms with Gasteiger partial charge in [0, 0.05) is 31.7 Å². The fourth-order valence-corrected chi connectivity index (χ4v) is 3.01. The Morgan fingerprint density at radius 1 is 1.39 bits per heavy atom. The van der Waals surface area contributed by atoms with Crippen molar-refractivity contribution in [1.82, 2.24) is 4.90 Å². The van der Waals surface area contributed by atoms with Gasteiger partial charge in [-0.15, -0.1) is 0 Å². The van der Waals surface area contributed by atoms with E-state index in [1.807, 2.05) is 26.1 Å². The quantitative estimate of drug-likeness (QED) is 0.724. The topological polar surface area (TPSA) is 65.1 Å². The number of allylic oxidation sites excluding steroid dienone is 1. The number of esters is 2. The summed E-state index contributed by atoms with van der Waals surface area (Å²) in [5, 5.41) is 0. The molecule has 6 nitrogen and oxygen atoms in total. The van der Waals surface area contributed by atoms with Gasteiger partial charge in [-0.3, -0.25) is 4.79 Å². The van der Waals surface area contributed by atoms with Crippen LogP contribution in [0.1, 0.15) is 40.5 Å². The summed E-state index contributed by atoms with van der Waals surface area (Å²) in [6.07, 6.45) is 6.02. The van der Waals surface area contributed by atoms with Gasteiger partial charge in [-0.2, -0.15) is 0 Å². The first-order valence-corrected chi connectivity index (χ1v) is 8.12. The molecule has 0 bridgehead atoms. The van der Waals surface area contributed by atoms with Crippen LogP contribution in [0.25, 0.3) is 0 Å². The van der Waals surface area contributed by atoms with E-state index in [2.05, 4.69) is 0 Å². The SMILES string of the molecule is CCOC(=O)C1=CN([C@@H]2O[C@H](CC)[C@H](C)C2OC(C)=O)C=CC1.